The first-order valence-electron chi connectivity index (χ1n) is 11.1. The first kappa shape index (κ1) is 19.5. The van der Waals surface area contributed by atoms with Gasteiger partial charge >= 0.3 is 0 Å². The second kappa shape index (κ2) is 8.74. The maximum Gasteiger partial charge on any atom is 0.262 e. The summed E-state index contributed by atoms with van der Waals surface area (Å²) in [5.41, 5.74) is 2.96. The topological polar surface area (TPSA) is 54.9 Å². The molecule has 0 aliphatic carbocycles. The number of anilines is 2. The average molecular weight is 408 g/mol. The number of hydrogen-bond acceptors (Lipinski definition) is 5. The molecule has 0 saturated carbocycles. The van der Waals surface area contributed by atoms with Gasteiger partial charge in [-0.1, -0.05) is 18.2 Å². The fourth-order valence-electron chi connectivity index (χ4n) is 4.73. The Kier molecular flexibility index (Phi) is 5.69. The van der Waals surface area contributed by atoms with Crippen LogP contribution in [-0.2, 0) is 15.9 Å². The summed E-state index contributed by atoms with van der Waals surface area (Å²) < 4.78 is 11.6. The summed E-state index contributed by atoms with van der Waals surface area (Å²) in [5, 5.41) is 0. The number of ether oxygens (including phenoxy) is 2. The van der Waals surface area contributed by atoms with Crippen molar-refractivity contribution in [2.24, 2.45) is 5.92 Å². The lowest BCUT2D eigenvalue weighted by Gasteiger charge is -2.34. The second-order valence-corrected chi connectivity index (χ2v) is 8.46. The Morgan fingerprint density at radius 3 is 2.80 bits per heavy atom. The second-order valence-electron chi connectivity index (χ2n) is 8.46. The summed E-state index contributed by atoms with van der Waals surface area (Å²) in [5.74, 6) is 1.39. The van der Waals surface area contributed by atoms with Crippen molar-refractivity contribution >= 4 is 17.4 Å². The molecule has 2 fully saturated rings. The van der Waals surface area contributed by atoms with E-state index in [1.165, 1.54) is 5.56 Å². The van der Waals surface area contributed by atoms with Gasteiger partial charge in [-0.15, -0.1) is 0 Å². The highest BCUT2D eigenvalue weighted by atomic mass is 16.5. The van der Waals surface area contributed by atoms with Crippen LogP contribution in [0, 0.1) is 5.92 Å². The van der Waals surface area contributed by atoms with E-state index >= 15 is 0 Å². The molecule has 1 aromatic carbocycles. The highest BCUT2D eigenvalue weighted by molar-refractivity contribution is 6.10. The molecule has 2 saturated heterocycles. The van der Waals surface area contributed by atoms with Gasteiger partial charge in [-0.05, 0) is 49.4 Å². The number of fused-ring (bicyclic) bond motifs is 1. The van der Waals surface area contributed by atoms with Crippen LogP contribution in [0.4, 0.5) is 11.5 Å². The van der Waals surface area contributed by atoms with Crippen molar-refractivity contribution < 1.29 is 14.3 Å². The molecular formula is C24H29N3O3. The Bertz CT molecular complexity index is 889. The summed E-state index contributed by atoms with van der Waals surface area (Å²) in [7, 11) is 0. The van der Waals surface area contributed by atoms with Gasteiger partial charge in [0.2, 0.25) is 0 Å². The molecule has 3 aliphatic rings. The van der Waals surface area contributed by atoms with Crippen molar-refractivity contribution in [1.82, 2.24) is 4.98 Å². The molecule has 158 valence electrons. The lowest BCUT2D eigenvalue weighted by atomic mass is 10.1. The monoisotopic (exact) mass is 407 g/mol. The van der Waals surface area contributed by atoms with Gasteiger partial charge in [-0.2, -0.15) is 0 Å². The minimum Gasteiger partial charge on any atom is -0.381 e. The summed E-state index contributed by atoms with van der Waals surface area (Å²) >= 11 is 0. The van der Waals surface area contributed by atoms with Gasteiger partial charge in [-0.25, -0.2) is 4.98 Å². The van der Waals surface area contributed by atoms with Crippen molar-refractivity contribution in [3.05, 3.63) is 53.7 Å². The number of carbonyl (C=O) groups is 1. The van der Waals surface area contributed by atoms with Crippen LogP contribution in [-0.4, -0.2) is 56.5 Å². The van der Waals surface area contributed by atoms with Gasteiger partial charge in [0.25, 0.3) is 5.91 Å². The van der Waals surface area contributed by atoms with E-state index < -0.39 is 0 Å². The third kappa shape index (κ3) is 3.94. The highest BCUT2D eigenvalue weighted by Crippen LogP contribution is 2.31. The number of pyridine rings is 1. The Morgan fingerprint density at radius 2 is 1.97 bits per heavy atom. The molecule has 6 heteroatoms. The fraction of sp³-hybridized carbons (Fsp3) is 0.500. The quantitative estimate of drug-likeness (QED) is 0.761. The number of rotatable bonds is 5. The number of amides is 1. The molecule has 0 radical (unpaired) electrons. The van der Waals surface area contributed by atoms with Crippen LogP contribution in [0.15, 0.2) is 42.6 Å². The number of hydrogen-bond donors (Lipinski definition) is 0. The van der Waals surface area contributed by atoms with Gasteiger partial charge in [0.15, 0.2) is 0 Å². The van der Waals surface area contributed by atoms with Crippen LogP contribution < -0.4 is 9.80 Å². The molecule has 0 bridgehead atoms. The standard InChI is InChI=1S/C24H29N3O3/c28-24(27-14-7-19-4-1-2-6-22(19)27)21-5-3-11-25-23(21)26-12-8-20(9-13-26)30-17-18-10-15-29-16-18/h1-6,11,18,20H,7-10,12-17H2. The molecule has 1 atom stereocenters. The Labute approximate surface area is 177 Å². The van der Waals surface area contributed by atoms with Gasteiger partial charge in [0.05, 0.1) is 24.9 Å². The Morgan fingerprint density at radius 1 is 1.10 bits per heavy atom. The van der Waals surface area contributed by atoms with Crippen LogP contribution in [0.5, 0.6) is 0 Å². The van der Waals surface area contributed by atoms with E-state index in [-0.39, 0.29) is 12.0 Å². The molecule has 4 heterocycles. The Hall–Kier alpha value is -2.44. The number of nitrogens with zero attached hydrogens (tertiary/aromatic N) is 3. The summed E-state index contributed by atoms with van der Waals surface area (Å²) in [6.07, 6.45) is 6.01. The minimum atomic E-state index is 0.0441. The predicted octanol–water partition coefficient (Wildman–Crippen LogP) is 3.31. The summed E-state index contributed by atoms with van der Waals surface area (Å²) in [6.45, 7) is 4.95. The predicted molar refractivity (Wildman–Crippen MR) is 116 cm³/mol. The number of aromatic nitrogens is 1. The van der Waals surface area contributed by atoms with E-state index in [1.807, 2.05) is 35.2 Å². The maximum absolute atomic E-state index is 13.4. The average Bonchev–Trinajstić information content (AvgIpc) is 3.48. The SMILES string of the molecule is O=C(c1cccnc1N1CCC(OCC2CCOC2)CC1)N1CCc2ccccc21. The molecule has 2 aromatic rings. The number of carbonyl (C=O) groups excluding carboxylic acids is 1. The van der Waals surface area contributed by atoms with Crippen molar-refractivity contribution in [3.8, 4) is 0 Å². The zero-order chi connectivity index (χ0) is 20.3. The number of para-hydroxylation sites is 1. The van der Waals surface area contributed by atoms with E-state index in [9.17, 15) is 4.79 Å². The smallest absolute Gasteiger partial charge is 0.262 e. The van der Waals surface area contributed by atoms with Gasteiger partial charge < -0.3 is 19.3 Å². The number of piperidine rings is 1. The molecule has 1 aromatic heterocycles. The van der Waals surface area contributed by atoms with E-state index in [0.717, 1.165) is 76.6 Å². The van der Waals surface area contributed by atoms with Crippen molar-refractivity contribution in [1.29, 1.82) is 0 Å². The number of benzene rings is 1. The lowest BCUT2D eigenvalue weighted by molar-refractivity contribution is 0.0131. The molecule has 1 amide bonds. The third-order valence-electron chi connectivity index (χ3n) is 6.48. The van der Waals surface area contributed by atoms with Crippen LogP contribution in [0.1, 0.15) is 35.2 Å². The van der Waals surface area contributed by atoms with Crippen molar-refractivity contribution in [2.75, 3.05) is 49.3 Å². The maximum atomic E-state index is 13.4. The van der Waals surface area contributed by atoms with Crippen molar-refractivity contribution in [3.63, 3.8) is 0 Å². The van der Waals surface area contributed by atoms with Crippen LogP contribution in [0.3, 0.4) is 0 Å². The first-order chi connectivity index (χ1) is 14.8. The van der Waals surface area contributed by atoms with E-state index in [2.05, 4.69) is 16.0 Å². The zero-order valence-corrected chi connectivity index (χ0v) is 17.3. The van der Waals surface area contributed by atoms with Crippen LogP contribution in [0.25, 0.3) is 0 Å². The van der Waals surface area contributed by atoms with Gasteiger partial charge in [0.1, 0.15) is 5.82 Å². The van der Waals surface area contributed by atoms with E-state index in [1.54, 1.807) is 6.20 Å². The summed E-state index contributed by atoms with van der Waals surface area (Å²) in [4.78, 5) is 22.2. The first-order valence-corrected chi connectivity index (χ1v) is 11.1. The minimum absolute atomic E-state index is 0.0441. The van der Waals surface area contributed by atoms with E-state index in [4.69, 9.17) is 9.47 Å². The molecule has 0 N–H and O–H groups in total. The lowest BCUT2D eigenvalue weighted by Crippen LogP contribution is -2.39. The van der Waals surface area contributed by atoms with E-state index in [0.29, 0.717) is 11.5 Å². The molecule has 5 rings (SSSR count). The molecule has 1 unspecified atom stereocenters. The molecular weight excluding hydrogens is 378 g/mol. The van der Waals surface area contributed by atoms with Crippen LogP contribution >= 0.6 is 0 Å². The van der Waals surface area contributed by atoms with Gasteiger partial charge in [-0.3, -0.25) is 4.79 Å². The molecule has 0 spiro atoms. The van der Waals surface area contributed by atoms with Crippen LogP contribution in [0.2, 0.25) is 0 Å². The van der Waals surface area contributed by atoms with Crippen molar-refractivity contribution in [2.45, 2.75) is 31.8 Å². The molecule has 6 nitrogen and oxygen atoms in total. The summed E-state index contributed by atoms with van der Waals surface area (Å²) in [6, 6.07) is 11.9. The molecule has 3 aliphatic heterocycles. The van der Waals surface area contributed by atoms with Gasteiger partial charge in [0, 0.05) is 44.0 Å². The highest BCUT2D eigenvalue weighted by Gasteiger charge is 2.30. The zero-order valence-electron chi connectivity index (χ0n) is 17.3. The third-order valence-corrected chi connectivity index (χ3v) is 6.48. The molecule has 30 heavy (non-hydrogen) atoms. The largest absolute Gasteiger partial charge is 0.381 e. The Balaban J connectivity index is 1.25. The fourth-order valence-corrected chi connectivity index (χ4v) is 4.73. The normalized spacial score (nSPS) is 21.8.